The van der Waals surface area contributed by atoms with E-state index < -0.39 is 80.7 Å². The monoisotopic (exact) mass is 502 g/mol. The van der Waals surface area contributed by atoms with Crippen molar-refractivity contribution in [2.45, 2.75) is 67.5 Å². The van der Waals surface area contributed by atoms with Crippen LogP contribution in [0.2, 0.25) is 0 Å². The maximum absolute atomic E-state index is 10.4. The number of H-pyrrole nitrogens is 1. The fraction of sp³-hybridized carbons (Fsp3) is 0.700. The van der Waals surface area contributed by atoms with Crippen molar-refractivity contribution >= 4 is 11.0 Å². The predicted octanol–water partition coefficient (Wildman–Crippen LogP) is -4.40. The third-order valence-electron chi connectivity index (χ3n) is 6.17. The Morgan fingerprint density at radius 3 is 2.17 bits per heavy atom. The predicted molar refractivity (Wildman–Crippen MR) is 113 cm³/mol. The van der Waals surface area contributed by atoms with Gasteiger partial charge in [0.1, 0.15) is 59.9 Å². The van der Waals surface area contributed by atoms with Crippen LogP contribution in [0, 0.1) is 0 Å². The molecule has 3 heterocycles. The van der Waals surface area contributed by atoms with Gasteiger partial charge in [-0.2, -0.15) is 15.4 Å². The van der Waals surface area contributed by atoms with Crippen molar-refractivity contribution in [1.29, 1.82) is 0 Å². The number of nitrogens with zero attached hydrogens (tertiary/aromatic N) is 2. The highest BCUT2D eigenvalue weighted by Gasteiger charge is 2.47. The summed E-state index contributed by atoms with van der Waals surface area (Å²) in [6, 6.07) is 5.10. The Hall–Kier alpha value is -1.86. The summed E-state index contributed by atoms with van der Waals surface area (Å²) in [5, 5.41) is 80.8. The minimum Gasteiger partial charge on any atom is -0.394 e. The molecule has 0 spiro atoms. The first kappa shape index (κ1) is 26.2. The minimum absolute atomic E-state index is 0.0133. The minimum atomic E-state index is -1.67. The van der Waals surface area contributed by atoms with Gasteiger partial charge in [0.25, 0.3) is 0 Å². The Bertz CT molecular complexity index is 964. The van der Waals surface area contributed by atoms with Gasteiger partial charge in [-0.1, -0.05) is 6.07 Å². The number of aliphatic hydroxyl groups excluding tert-OH is 7. The lowest BCUT2D eigenvalue weighted by atomic mass is 9.98. The average molecular weight is 502 g/mol. The topological polar surface area (TPSA) is 246 Å². The van der Waals surface area contributed by atoms with E-state index in [1.54, 1.807) is 18.2 Å². The van der Waals surface area contributed by atoms with Gasteiger partial charge >= 0.3 is 0 Å². The molecule has 0 bridgehead atoms. The molecule has 1 unspecified atom stereocenters. The van der Waals surface area contributed by atoms with Crippen LogP contribution in [0.1, 0.15) is 11.7 Å². The van der Waals surface area contributed by atoms with Gasteiger partial charge in [0.2, 0.25) is 0 Å². The van der Waals surface area contributed by atoms with Crippen molar-refractivity contribution in [3.8, 4) is 0 Å². The van der Waals surface area contributed by atoms with E-state index in [1.807, 2.05) is 0 Å². The van der Waals surface area contributed by atoms with Crippen LogP contribution in [0.25, 0.3) is 11.0 Å². The molecule has 4 rings (SSSR count). The first-order valence-electron chi connectivity index (χ1n) is 11.0. The van der Waals surface area contributed by atoms with Crippen LogP contribution in [0.15, 0.2) is 18.2 Å². The van der Waals surface area contributed by atoms with Crippen LogP contribution in [0.5, 0.6) is 0 Å². The van der Waals surface area contributed by atoms with Gasteiger partial charge in [-0.3, -0.25) is 0 Å². The zero-order valence-corrected chi connectivity index (χ0v) is 18.4. The summed E-state index contributed by atoms with van der Waals surface area (Å²) >= 11 is 0. The normalized spacial score (nSPS) is 39.1. The third kappa shape index (κ3) is 5.31. The molecule has 196 valence electrons. The number of aliphatic hydroxyl groups is 7. The standard InChI is InChI=1S/C20H30N4O11/c21-4-10(7-1-2-8-9(3-7)23-24-22-8)33-20-18(31)16(29)14(27)12(35-20)6-32-19-17(30)15(28)13(26)11(5-25)34-19/h1-3,10-20,25-31H,4-6,21H2,(H,22,23,24)/t10?,11-,12-,13-,14-,15+,16+,17-,18-,19-,20-/m1/s1. The second kappa shape index (κ2) is 11.0. The molecule has 0 amide bonds. The van der Waals surface area contributed by atoms with Crippen molar-refractivity contribution in [2.24, 2.45) is 5.73 Å². The fourth-order valence-corrected chi connectivity index (χ4v) is 4.05. The maximum Gasteiger partial charge on any atom is 0.187 e. The molecule has 15 heteroatoms. The van der Waals surface area contributed by atoms with E-state index in [9.17, 15) is 35.7 Å². The smallest absolute Gasteiger partial charge is 0.187 e. The SMILES string of the molecule is NCC(O[C@@H]1O[C@H](CO[C@@H]2O[C@H](CO)[C@@H](O)[C@H](O)[C@H]2O)[C@@H](O)[C@H](O)[C@H]1O)c1ccc2n[nH]nc2c1. The molecular formula is C20H30N4O11. The summed E-state index contributed by atoms with van der Waals surface area (Å²) in [6.45, 7) is -1.12. The van der Waals surface area contributed by atoms with Crippen molar-refractivity contribution in [3.05, 3.63) is 23.8 Å². The zero-order chi connectivity index (χ0) is 25.3. The molecule has 1 aromatic heterocycles. The Balaban J connectivity index is 1.43. The van der Waals surface area contributed by atoms with E-state index in [2.05, 4.69) is 15.4 Å². The number of ether oxygens (including phenoxy) is 4. The molecule has 35 heavy (non-hydrogen) atoms. The summed E-state index contributed by atoms with van der Waals surface area (Å²) in [5.74, 6) is 0. The molecule has 2 saturated heterocycles. The number of nitrogens with two attached hydrogens (primary N) is 1. The van der Waals surface area contributed by atoms with Crippen LogP contribution < -0.4 is 5.73 Å². The Labute approximate surface area is 198 Å². The highest BCUT2D eigenvalue weighted by atomic mass is 16.7. The average Bonchev–Trinajstić information content (AvgIpc) is 3.34. The van der Waals surface area contributed by atoms with Crippen molar-refractivity contribution in [2.75, 3.05) is 19.8 Å². The van der Waals surface area contributed by atoms with Crippen molar-refractivity contribution < 1.29 is 54.7 Å². The molecule has 10 N–H and O–H groups in total. The van der Waals surface area contributed by atoms with E-state index in [-0.39, 0.29) is 6.54 Å². The van der Waals surface area contributed by atoms with Gasteiger partial charge in [-0.05, 0) is 17.7 Å². The molecule has 0 aliphatic carbocycles. The summed E-state index contributed by atoms with van der Waals surface area (Å²) in [6.07, 6.45) is -15.9. The molecule has 2 aliphatic heterocycles. The summed E-state index contributed by atoms with van der Waals surface area (Å²) in [5.41, 5.74) is 7.66. The molecule has 15 nitrogen and oxygen atoms in total. The van der Waals surface area contributed by atoms with Crippen LogP contribution in [-0.2, 0) is 18.9 Å². The van der Waals surface area contributed by atoms with Crippen LogP contribution in [0.4, 0.5) is 0 Å². The lowest BCUT2D eigenvalue weighted by molar-refractivity contribution is -0.335. The number of nitrogens with one attached hydrogen (secondary N) is 1. The number of hydrogen-bond donors (Lipinski definition) is 9. The van der Waals surface area contributed by atoms with Crippen LogP contribution in [0.3, 0.4) is 0 Å². The largest absolute Gasteiger partial charge is 0.394 e. The quantitative estimate of drug-likeness (QED) is 0.165. The second-order valence-corrected chi connectivity index (χ2v) is 8.48. The van der Waals surface area contributed by atoms with E-state index >= 15 is 0 Å². The van der Waals surface area contributed by atoms with Crippen LogP contribution in [-0.4, -0.2) is 132 Å². The van der Waals surface area contributed by atoms with Crippen molar-refractivity contribution in [3.63, 3.8) is 0 Å². The summed E-state index contributed by atoms with van der Waals surface area (Å²) < 4.78 is 22.1. The number of hydrogen-bond acceptors (Lipinski definition) is 14. The molecule has 2 fully saturated rings. The molecule has 11 atom stereocenters. The van der Waals surface area contributed by atoms with Crippen molar-refractivity contribution in [1.82, 2.24) is 15.4 Å². The van der Waals surface area contributed by atoms with E-state index in [0.29, 0.717) is 16.6 Å². The van der Waals surface area contributed by atoms with Gasteiger partial charge < -0.3 is 60.4 Å². The Kier molecular flexibility index (Phi) is 8.26. The molecular weight excluding hydrogens is 472 g/mol. The van der Waals surface area contributed by atoms with Gasteiger partial charge in [-0.25, -0.2) is 0 Å². The van der Waals surface area contributed by atoms with E-state index in [0.717, 1.165) is 0 Å². The molecule has 2 aliphatic rings. The zero-order valence-electron chi connectivity index (χ0n) is 18.4. The number of rotatable bonds is 8. The molecule has 0 radical (unpaired) electrons. The lowest BCUT2D eigenvalue weighted by Gasteiger charge is -2.43. The Morgan fingerprint density at radius 1 is 0.857 bits per heavy atom. The molecule has 0 saturated carbocycles. The second-order valence-electron chi connectivity index (χ2n) is 8.48. The molecule has 1 aromatic carbocycles. The van der Waals surface area contributed by atoms with Gasteiger partial charge in [0, 0.05) is 6.54 Å². The number of benzene rings is 1. The van der Waals surface area contributed by atoms with E-state index in [4.69, 9.17) is 24.7 Å². The first-order chi connectivity index (χ1) is 16.7. The number of fused-ring (bicyclic) bond motifs is 1. The van der Waals surface area contributed by atoms with Crippen LogP contribution >= 0.6 is 0 Å². The van der Waals surface area contributed by atoms with Gasteiger partial charge in [0.05, 0.1) is 19.3 Å². The highest BCUT2D eigenvalue weighted by Crippen LogP contribution is 2.29. The van der Waals surface area contributed by atoms with Gasteiger partial charge in [-0.15, -0.1) is 0 Å². The fourth-order valence-electron chi connectivity index (χ4n) is 4.05. The molecule has 2 aromatic rings. The van der Waals surface area contributed by atoms with Gasteiger partial charge in [0.15, 0.2) is 12.6 Å². The highest BCUT2D eigenvalue weighted by molar-refractivity contribution is 5.74. The lowest BCUT2D eigenvalue weighted by Crippen LogP contribution is -2.61. The maximum atomic E-state index is 10.4. The first-order valence-corrected chi connectivity index (χ1v) is 11.0. The number of aromatic amines is 1. The van der Waals surface area contributed by atoms with E-state index in [1.165, 1.54) is 0 Å². The summed E-state index contributed by atoms with van der Waals surface area (Å²) in [7, 11) is 0. The Morgan fingerprint density at radius 2 is 1.49 bits per heavy atom. The summed E-state index contributed by atoms with van der Waals surface area (Å²) in [4.78, 5) is 0. The third-order valence-corrected chi connectivity index (χ3v) is 6.17. The number of aromatic nitrogens is 3.